The Morgan fingerprint density at radius 3 is 1.80 bits per heavy atom. The minimum Gasteiger partial charge on any atom is -0.814 e. The van der Waals surface area contributed by atoms with Crippen LogP contribution in [0.2, 0.25) is 0 Å². The molecule has 0 heterocycles. The second-order valence-electron chi connectivity index (χ2n) is 5.25. The number of para-hydroxylation sites is 1. The molecule has 0 fully saturated rings. The van der Waals surface area contributed by atoms with Crippen molar-refractivity contribution >= 4 is 7.71 Å². The highest BCUT2D eigenvalue weighted by Crippen LogP contribution is 2.71. The minimum absolute atomic E-state index is 0.655. The summed E-state index contributed by atoms with van der Waals surface area (Å²) < 4.78 is 11.5. The summed E-state index contributed by atoms with van der Waals surface area (Å²) in [5, 5.41) is 13.3. The summed E-state index contributed by atoms with van der Waals surface area (Å²) in [6, 6.07) is 7.48. The molecule has 114 valence electrons. The van der Waals surface area contributed by atoms with Crippen LogP contribution in [0.15, 0.2) is 24.3 Å². The molecule has 5 nitrogen and oxygen atoms in total. The van der Waals surface area contributed by atoms with E-state index < -0.39 is 13.6 Å². The van der Waals surface area contributed by atoms with Crippen LogP contribution in [0.1, 0.15) is 11.4 Å². The van der Waals surface area contributed by atoms with Gasteiger partial charge in [-0.15, -0.1) is 0 Å². The van der Waals surface area contributed by atoms with Crippen LogP contribution < -0.4 is 9.84 Å². The van der Waals surface area contributed by atoms with Crippen molar-refractivity contribution in [3.05, 3.63) is 29.8 Å². The predicted octanol–water partition coefficient (Wildman–Crippen LogP) is 1.50. The minimum atomic E-state index is -2.20. The molecular weight excluding hydrogens is 273 g/mol. The molecule has 6 heteroatoms. The molecule has 0 saturated heterocycles. The average Bonchev–Trinajstić information content (AvgIpc) is 2.37. The fourth-order valence-corrected chi connectivity index (χ4v) is 6.75. The fourth-order valence-electron chi connectivity index (χ4n) is 2.76. The van der Waals surface area contributed by atoms with Crippen LogP contribution in [-0.2, 0) is 0 Å². The molecule has 0 amide bonds. The molecular formula is C14H26N3O2P. The molecule has 20 heavy (non-hydrogen) atoms. The number of methoxy groups -OCH3 is 1. The van der Waals surface area contributed by atoms with Gasteiger partial charge < -0.3 is 9.84 Å². The smallest absolute Gasteiger partial charge is 0.217 e. The van der Waals surface area contributed by atoms with Crippen LogP contribution in [0.4, 0.5) is 0 Å². The SMILES string of the molecule is COc1ccccc1C([O-])[P+](N(C)C)(N(C)C)N(C)C. The molecule has 0 saturated carbocycles. The molecule has 1 aromatic carbocycles. The second-order valence-corrected chi connectivity index (χ2v) is 9.35. The van der Waals surface area contributed by atoms with Gasteiger partial charge >= 0.3 is 0 Å². The monoisotopic (exact) mass is 299 g/mol. The Labute approximate surface area is 123 Å². The van der Waals surface area contributed by atoms with Crippen molar-refractivity contribution in [3.8, 4) is 5.75 Å². The molecule has 0 bridgehead atoms. The average molecular weight is 299 g/mol. The Bertz CT molecular complexity index is 416. The van der Waals surface area contributed by atoms with E-state index in [0.29, 0.717) is 11.3 Å². The zero-order chi connectivity index (χ0) is 15.5. The summed E-state index contributed by atoms with van der Waals surface area (Å²) in [5.74, 6) is -0.235. The number of benzene rings is 1. The zero-order valence-corrected chi connectivity index (χ0v) is 14.4. The molecule has 0 aliphatic rings. The van der Waals surface area contributed by atoms with Gasteiger partial charge in [-0.3, -0.25) is 0 Å². The van der Waals surface area contributed by atoms with E-state index in [9.17, 15) is 5.11 Å². The predicted molar refractivity (Wildman–Crippen MR) is 83.7 cm³/mol. The third kappa shape index (κ3) is 2.83. The first kappa shape index (κ1) is 17.3. The highest BCUT2D eigenvalue weighted by Gasteiger charge is 2.50. The van der Waals surface area contributed by atoms with Crippen LogP contribution in [0, 0.1) is 0 Å². The van der Waals surface area contributed by atoms with E-state index in [0.717, 1.165) is 0 Å². The highest BCUT2D eigenvalue weighted by atomic mass is 31.2. The van der Waals surface area contributed by atoms with E-state index in [2.05, 4.69) is 14.0 Å². The number of rotatable bonds is 6. The van der Waals surface area contributed by atoms with Crippen LogP contribution in [-0.4, -0.2) is 63.4 Å². The molecule has 0 aliphatic heterocycles. The van der Waals surface area contributed by atoms with Crippen LogP contribution in [0.25, 0.3) is 0 Å². The summed E-state index contributed by atoms with van der Waals surface area (Å²) >= 11 is 0. The summed E-state index contributed by atoms with van der Waals surface area (Å²) in [7, 11) is 11.2. The number of hydrogen-bond acceptors (Lipinski definition) is 5. The first-order valence-corrected chi connectivity index (χ1v) is 8.22. The summed E-state index contributed by atoms with van der Waals surface area (Å²) in [5.41, 5.74) is 0.708. The van der Waals surface area contributed by atoms with Gasteiger partial charge in [0.2, 0.25) is 7.71 Å². The molecule has 0 aliphatic carbocycles. The van der Waals surface area contributed by atoms with Gasteiger partial charge in [0, 0.05) is 47.8 Å². The van der Waals surface area contributed by atoms with Crippen molar-refractivity contribution in [1.29, 1.82) is 0 Å². The van der Waals surface area contributed by atoms with Crippen LogP contribution >= 0.6 is 7.71 Å². The van der Waals surface area contributed by atoms with Gasteiger partial charge in [-0.1, -0.05) is 18.2 Å². The van der Waals surface area contributed by atoms with Crippen molar-refractivity contribution < 1.29 is 9.84 Å². The first-order valence-electron chi connectivity index (χ1n) is 6.51. The Balaban J connectivity index is 3.41. The van der Waals surface area contributed by atoms with Gasteiger partial charge in [-0.25, -0.2) is 0 Å². The largest absolute Gasteiger partial charge is 0.814 e. The summed E-state index contributed by atoms with van der Waals surface area (Å²) in [6.07, 6.45) is 0. The first-order chi connectivity index (χ1) is 9.29. The Morgan fingerprint density at radius 1 is 0.950 bits per heavy atom. The molecule has 1 atom stereocenters. The maximum atomic E-state index is 13.3. The van der Waals surface area contributed by atoms with Crippen molar-refractivity contribution in [2.24, 2.45) is 0 Å². The molecule has 0 spiro atoms. The van der Waals surface area contributed by atoms with E-state index in [4.69, 9.17) is 4.74 Å². The Morgan fingerprint density at radius 2 is 1.40 bits per heavy atom. The van der Waals surface area contributed by atoms with E-state index in [-0.39, 0.29) is 0 Å². The van der Waals surface area contributed by atoms with Crippen molar-refractivity contribution in [2.75, 3.05) is 49.4 Å². The van der Waals surface area contributed by atoms with E-state index in [1.165, 1.54) is 0 Å². The lowest BCUT2D eigenvalue weighted by Crippen LogP contribution is -2.43. The van der Waals surface area contributed by atoms with E-state index in [1.807, 2.05) is 66.6 Å². The molecule has 0 aromatic heterocycles. The van der Waals surface area contributed by atoms with E-state index in [1.54, 1.807) is 7.11 Å². The lowest BCUT2D eigenvalue weighted by Gasteiger charge is -2.47. The lowest BCUT2D eigenvalue weighted by atomic mass is 10.2. The van der Waals surface area contributed by atoms with Gasteiger partial charge in [-0.05, 0) is 6.07 Å². The van der Waals surface area contributed by atoms with Gasteiger partial charge in [-0.2, -0.15) is 14.0 Å². The van der Waals surface area contributed by atoms with Gasteiger partial charge in [0.05, 0.1) is 13.0 Å². The Hall–Kier alpha value is -0.710. The molecule has 0 N–H and O–H groups in total. The topological polar surface area (TPSA) is 42.0 Å². The summed E-state index contributed by atoms with van der Waals surface area (Å²) in [4.78, 5) is 0. The van der Waals surface area contributed by atoms with Crippen LogP contribution in [0.3, 0.4) is 0 Å². The molecule has 0 radical (unpaired) electrons. The maximum absolute atomic E-state index is 13.3. The standard InChI is InChI=1S/C14H26N3O2P/c1-15(2)20(16(3)4,17(5)6)14(18)12-10-8-9-11-13(12)19-7/h8-11,14H,1-7H3. The van der Waals surface area contributed by atoms with Gasteiger partial charge in [0.1, 0.15) is 5.75 Å². The number of ether oxygens (including phenoxy) is 1. The quantitative estimate of drug-likeness (QED) is 0.745. The molecule has 1 aromatic rings. The maximum Gasteiger partial charge on any atom is 0.217 e. The van der Waals surface area contributed by atoms with Crippen LogP contribution in [0.5, 0.6) is 5.75 Å². The van der Waals surface area contributed by atoms with Gasteiger partial charge in [0.15, 0.2) is 0 Å². The second kappa shape index (κ2) is 6.83. The van der Waals surface area contributed by atoms with E-state index >= 15 is 0 Å². The highest BCUT2D eigenvalue weighted by molar-refractivity contribution is 7.69. The normalized spacial score (nSPS) is 14.2. The number of nitrogens with zero attached hydrogens (tertiary/aromatic N) is 3. The van der Waals surface area contributed by atoms with Crippen molar-refractivity contribution in [3.63, 3.8) is 0 Å². The molecule has 1 unspecified atom stereocenters. The summed E-state index contributed by atoms with van der Waals surface area (Å²) in [6.45, 7) is 0. The fraction of sp³-hybridized carbons (Fsp3) is 0.571. The van der Waals surface area contributed by atoms with Crippen molar-refractivity contribution in [1.82, 2.24) is 14.0 Å². The lowest BCUT2D eigenvalue weighted by molar-refractivity contribution is -0.398. The van der Waals surface area contributed by atoms with Crippen molar-refractivity contribution in [2.45, 2.75) is 5.85 Å². The Kier molecular flexibility index (Phi) is 5.92. The zero-order valence-electron chi connectivity index (χ0n) is 13.5. The third-order valence-electron chi connectivity index (χ3n) is 3.49. The third-order valence-corrected chi connectivity index (χ3v) is 7.93. The molecule has 1 rings (SSSR count). The van der Waals surface area contributed by atoms with Gasteiger partial charge in [0.25, 0.3) is 0 Å². The number of hydrogen-bond donors (Lipinski definition) is 0.